The molecule has 0 radical (unpaired) electrons. The number of hydrogen-bond donors (Lipinski definition) is 3. The summed E-state index contributed by atoms with van der Waals surface area (Å²) in [6, 6.07) is 5.83. The highest BCUT2D eigenvalue weighted by molar-refractivity contribution is 5.33. The topological polar surface area (TPSA) is 95.6 Å². The summed E-state index contributed by atoms with van der Waals surface area (Å²) in [5.41, 5.74) is 0.0150. The van der Waals surface area contributed by atoms with E-state index in [-0.39, 0.29) is 5.69 Å². The van der Waals surface area contributed by atoms with E-state index in [1.54, 1.807) is 12.1 Å². The molecule has 3 N–H and O–H groups in total. The van der Waals surface area contributed by atoms with E-state index in [1.807, 2.05) is 0 Å². The molecule has 0 heterocycles. The number of benzene rings is 1. The Morgan fingerprint density at radius 3 is 2.47 bits per heavy atom. The van der Waals surface area contributed by atoms with Crippen LogP contribution in [0.4, 0.5) is 5.69 Å². The van der Waals surface area contributed by atoms with Gasteiger partial charge in [0.15, 0.2) is 0 Å². The third-order valence-corrected chi connectivity index (χ3v) is 3.56. The van der Waals surface area contributed by atoms with E-state index in [9.17, 15) is 20.3 Å². The second-order valence-corrected chi connectivity index (χ2v) is 5.07. The van der Waals surface area contributed by atoms with Crippen LogP contribution in [0.5, 0.6) is 0 Å². The Kier molecular flexibility index (Phi) is 4.14. The molecule has 0 aromatic heterocycles. The lowest BCUT2D eigenvalue weighted by molar-refractivity contribution is -0.384. The van der Waals surface area contributed by atoms with E-state index in [4.69, 9.17) is 0 Å². The van der Waals surface area contributed by atoms with Gasteiger partial charge in [-0.2, -0.15) is 0 Å². The van der Waals surface area contributed by atoms with E-state index in [1.165, 1.54) is 12.1 Å². The fraction of sp³-hybridized carbons (Fsp3) is 0.538. The summed E-state index contributed by atoms with van der Waals surface area (Å²) < 4.78 is 0. The van der Waals surface area contributed by atoms with Gasteiger partial charge in [0.2, 0.25) is 0 Å². The van der Waals surface area contributed by atoms with Crippen LogP contribution >= 0.6 is 0 Å². The van der Waals surface area contributed by atoms with Crippen molar-refractivity contribution in [3.05, 3.63) is 39.9 Å². The summed E-state index contributed by atoms with van der Waals surface area (Å²) >= 11 is 0. The quantitative estimate of drug-likeness (QED) is 0.530. The van der Waals surface area contributed by atoms with Crippen LogP contribution in [-0.4, -0.2) is 33.8 Å². The first kappa shape index (κ1) is 13.9. The summed E-state index contributed by atoms with van der Waals surface area (Å²) in [7, 11) is 0. The zero-order chi connectivity index (χ0) is 13.9. The number of nitro groups is 1. The average Bonchev–Trinajstić information content (AvgIpc) is 2.36. The third-order valence-electron chi connectivity index (χ3n) is 3.56. The number of nitro benzene ring substituents is 1. The fourth-order valence-electron chi connectivity index (χ4n) is 2.14. The Balaban J connectivity index is 1.82. The van der Waals surface area contributed by atoms with Gasteiger partial charge in [-0.15, -0.1) is 0 Å². The molecule has 0 spiro atoms. The molecule has 0 saturated heterocycles. The molecular weight excluding hydrogens is 248 g/mol. The molecule has 1 aromatic carbocycles. The van der Waals surface area contributed by atoms with E-state index >= 15 is 0 Å². The lowest BCUT2D eigenvalue weighted by atomic mass is 9.80. The fourth-order valence-corrected chi connectivity index (χ4v) is 2.14. The number of non-ortho nitro benzene ring substituents is 1. The van der Waals surface area contributed by atoms with Crippen molar-refractivity contribution in [2.45, 2.75) is 31.0 Å². The first-order valence-electron chi connectivity index (χ1n) is 6.36. The number of aliphatic hydroxyl groups is 2. The number of nitrogens with one attached hydrogen (secondary N) is 1. The Morgan fingerprint density at radius 1 is 1.37 bits per heavy atom. The van der Waals surface area contributed by atoms with Crippen molar-refractivity contribution < 1.29 is 15.1 Å². The molecule has 1 unspecified atom stereocenters. The van der Waals surface area contributed by atoms with Gasteiger partial charge in [0.25, 0.3) is 5.69 Å². The van der Waals surface area contributed by atoms with Crippen LogP contribution in [0.25, 0.3) is 0 Å². The molecule has 0 aliphatic heterocycles. The zero-order valence-electron chi connectivity index (χ0n) is 10.6. The Hall–Kier alpha value is -1.50. The summed E-state index contributed by atoms with van der Waals surface area (Å²) in [6.45, 7) is 0.789. The molecular formula is C13H18N2O4. The molecule has 1 aromatic rings. The molecule has 2 rings (SSSR count). The van der Waals surface area contributed by atoms with Gasteiger partial charge in [0.05, 0.1) is 16.6 Å². The minimum Gasteiger partial charge on any atom is -0.389 e. The molecule has 0 amide bonds. The maximum Gasteiger partial charge on any atom is 0.269 e. The molecule has 1 saturated carbocycles. The minimum absolute atomic E-state index is 0.00712. The number of hydrogen-bond acceptors (Lipinski definition) is 5. The molecule has 0 bridgehead atoms. The number of rotatable bonds is 6. The van der Waals surface area contributed by atoms with Crippen molar-refractivity contribution >= 4 is 5.69 Å². The smallest absolute Gasteiger partial charge is 0.269 e. The van der Waals surface area contributed by atoms with E-state index in [0.29, 0.717) is 18.7 Å². The van der Waals surface area contributed by atoms with Gasteiger partial charge < -0.3 is 15.5 Å². The van der Waals surface area contributed by atoms with Gasteiger partial charge in [-0.1, -0.05) is 0 Å². The van der Waals surface area contributed by atoms with Crippen LogP contribution < -0.4 is 5.32 Å². The number of aliphatic hydroxyl groups excluding tert-OH is 1. The van der Waals surface area contributed by atoms with Crippen LogP contribution in [0.15, 0.2) is 24.3 Å². The van der Waals surface area contributed by atoms with Gasteiger partial charge >= 0.3 is 0 Å². The molecule has 19 heavy (non-hydrogen) atoms. The maximum atomic E-state index is 10.5. The molecule has 104 valence electrons. The van der Waals surface area contributed by atoms with Gasteiger partial charge in [-0.3, -0.25) is 10.1 Å². The monoisotopic (exact) mass is 266 g/mol. The maximum absolute atomic E-state index is 10.5. The van der Waals surface area contributed by atoms with Crippen LogP contribution in [0, 0.1) is 10.1 Å². The second kappa shape index (κ2) is 5.64. The molecule has 6 heteroatoms. The molecule has 1 aliphatic rings. The van der Waals surface area contributed by atoms with Crippen molar-refractivity contribution in [2.75, 3.05) is 13.1 Å². The van der Waals surface area contributed by atoms with E-state index in [0.717, 1.165) is 19.3 Å². The lowest BCUT2D eigenvalue weighted by Crippen LogP contribution is -2.46. The van der Waals surface area contributed by atoms with Gasteiger partial charge in [0.1, 0.15) is 0 Å². The van der Waals surface area contributed by atoms with Crippen molar-refractivity contribution in [3.8, 4) is 0 Å². The highest BCUT2D eigenvalue weighted by atomic mass is 16.6. The van der Waals surface area contributed by atoms with E-state index < -0.39 is 16.6 Å². The molecule has 1 atom stereocenters. The van der Waals surface area contributed by atoms with Crippen LogP contribution in [0.2, 0.25) is 0 Å². The summed E-state index contributed by atoms with van der Waals surface area (Å²) in [6.07, 6.45) is 1.91. The first-order chi connectivity index (χ1) is 9.00. The Labute approximate surface area is 111 Å². The van der Waals surface area contributed by atoms with Gasteiger partial charge in [-0.25, -0.2) is 0 Å². The Morgan fingerprint density at radius 2 is 2.00 bits per heavy atom. The van der Waals surface area contributed by atoms with Crippen LogP contribution in [0.3, 0.4) is 0 Å². The summed E-state index contributed by atoms with van der Waals surface area (Å²) in [5.74, 6) is 0. The summed E-state index contributed by atoms with van der Waals surface area (Å²) in [5, 5.41) is 33.3. The van der Waals surface area contributed by atoms with Gasteiger partial charge in [0, 0.05) is 25.2 Å². The molecule has 1 aliphatic carbocycles. The average molecular weight is 266 g/mol. The normalized spacial score (nSPS) is 18.6. The molecule has 6 nitrogen and oxygen atoms in total. The highest BCUT2D eigenvalue weighted by Gasteiger charge is 2.33. The molecule has 1 fully saturated rings. The predicted octanol–water partition coefficient (Wildman–Crippen LogP) is 1.13. The second-order valence-electron chi connectivity index (χ2n) is 5.07. The van der Waals surface area contributed by atoms with E-state index in [2.05, 4.69) is 5.32 Å². The van der Waals surface area contributed by atoms with Gasteiger partial charge in [-0.05, 0) is 37.0 Å². The number of nitrogens with zero attached hydrogens (tertiary/aromatic N) is 1. The SMILES string of the molecule is O=[N+]([O-])c1ccc(C(O)CNCC2(O)CCC2)cc1. The minimum atomic E-state index is -0.732. The standard InChI is InChI=1S/C13H18N2O4/c16-12(8-14-9-13(17)6-1-7-13)10-2-4-11(5-3-10)15(18)19/h2-5,12,14,16-17H,1,6-9H2. The highest BCUT2D eigenvalue weighted by Crippen LogP contribution is 2.30. The summed E-state index contributed by atoms with van der Waals surface area (Å²) in [4.78, 5) is 10.0. The predicted molar refractivity (Wildman–Crippen MR) is 69.7 cm³/mol. The zero-order valence-corrected chi connectivity index (χ0v) is 10.6. The lowest BCUT2D eigenvalue weighted by Gasteiger charge is -2.37. The van der Waals surface area contributed by atoms with Crippen molar-refractivity contribution in [2.24, 2.45) is 0 Å². The van der Waals surface area contributed by atoms with Crippen LogP contribution in [0.1, 0.15) is 30.9 Å². The third kappa shape index (κ3) is 3.50. The van der Waals surface area contributed by atoms with Crippen LogP contribution in [-0.2, 0) is 0 Å². The van der Waals surface area contributed by atoms with Crippen molar-refractivity contribution in [3.63, 3.8) is 0 Å². The Bertz CT molecular complexity index is 442. The van der Waals surface area contributed by atoms with Crippen molar-refractivity contribution in [1.82, 2.24) is 5.32 Å². The first-order valence-corrected chi connectivity index (χ1v) is 6.36. The largest absolute Gasteiger partial charge is 0.389 e. The van der Waals surface area contributed by atoms with Crippen molar-refractivity contribution in [1.29, 1.82) is 0 Å².